The van der Waals surface area contributed by atoms with E-state index in [1.54, 1.807) is 6.26 Å². The molecule has 0 rings (SSSR count). The van der Waals surface area contributed by atoms with Crippen LogP contribution in [-0.4, -0.2) is 69.0 Å². The summed E-state index contributed by atoms with van der Waals surface area (Å²) in [6.07, 6.45) is 39.1. The molecule has 0 aromatic carbocycles. The van der Waals surface area contributed by atoms with Gasteiger partial charge in [0.1, 0.15) is 19.8 Å². The van der Waals surface area contributed by atoms with Gasteiger partial charge in [0.15, 0.2) is 6.10 Å². The van der Waals surface area contributed by atoms with Gasteiger partial charge >= 0.3 is 13.8 Å². The highest BCUT2D eigenvalue weighted by Crippen LogP contribution is 2.43. The molecule has 9 heteroatoms. The van der Waals surface area contributed by atoms with Crippen LogP contribution in [0.5, 0.6) is 0 Å². The number of unbranched alkanes of at least 4 members (excludes halogenated alkanes) is 26. The number of allylic oxidation sites excluding steroid dienone is 1. The van der Waals surface area contributed by atoms with Gasteiger partial charge in [-0.15, -0.1) is 0 Å². The molecule has 1 N–H and O–H groups in total. The van der Waals surface area contributed by atoms with Crippen molar-refractivity contribution in [1.82, 2.24) is 0 Å². The van der Waals surface area contributed by atoms with Gasteiger partial charge in [-0.25, -0.2) is 4.57 Å². The monoisotopic (exact) mass is 747 g/mol. The summed E-state index contributed by atoms with van der Waals surface area (Å²) in [6.45, 7) is 4.95. The molecule has 0 saturated carbocycles. The number of esters is 1. The summed E-state index contributed by atoms with van der Waals surface area (Å²) in [5, 5.41) is 0. The van der Waals surface area contributed by atoms with E-state index in [9.17, 15) is 14.3 Å². The summed E-state index contributed by atoms with van der Waals surface area (Å²) in [7, 11) is 1.65. The number of phosphoric ester groups is 1. The fraction of sp³-hybridized carbons (Fsp3) is 0.929. The van der Waals surface area contributed by atoms with Crippen molar-refractivity contribution in [3.8, 4) is 0 Å². The molecular weight excluding hydrogens is 661 g/mol. The lowest BCUT2D eigenvalue weighted by atomic mass is 10.0. The molecule has 0 aromatic rings. The van der Waals surface area contributed by atoms with E-state index in [1.807, 2.05) is 27.2 Å². The smallest absolute Gasteiger partial charge is 0.472 e. The normalized spacial score (nSPS) is 13.8. The van der Waals surface area contributed by atoms with Crippen LogP contribution >= 0.6 is 7.82 Å². The number of phosphoric acid groups is 1. The van der Waals surface area contributed by atoms with E-state index in [0.29, 0.717) is 17.4 Å². The van der Waals surface area contributed by atoms with Crippen LogP contribution in [0, 0.1) is 0 Å². The third kappa shape index (κ3) is 40.1. The standard InChI is InChI=1S/C42H84NO7P/c1-6-8-10-12-14-16-18-19-20-21-22-23-24-26-28-30-32-34-37-47-39-41(40-49-51(45,46)48-38-36-43(3,4)5)50-42(44)35-33-31-29-27-25-17-15-13-11-9-7-2/h34,37,41H,6-33,35-36,38-40H2,1-5H3/p+1/b37-34+/t41-/m0/s1. The summed E-state index contributed by atoms with van der Waals surface area (Å²) >= 11 is 0. The number of quaternary nitrogens is 1. The Balaban J connectivity index is 4.22. The Morgan fingerprint density at radius 1 is 0.608 bits per heavy atom. The molecule has 0 aromatic heterocycles. The molecule has 0 radical (unpaired) electrons. The fourth-order valence-corrected chi connectivity index (χ4v) is 6.79. The summed E-state index contributed by atoms with van der Waals surface area (Å²) in [6, 6.07) is 0. The summed E-state index contributed by atoms with van der Waals surface area (Å²) in [4.78, 5) is 22.8. The maximum Gasteiger partial charge on any atom is 0.472 e. The molecule has 0 spiro atoms. The summed E-state index contributed by atoms with van der Waals surface area (Å²) in [5.74, 6) is -0.334. The number of carbonyl (C=O) groups excluding carboxylic acids is 1. The van der Waals surface area contributed by atoms with Gasteiger partial charge in [-0.1, -0.05) is 174 Å². The molecule has 304 valence electrons. The number of ether oxygens (including phenoxy) is 2. The Morgan fingerprint density at radius 3 is 1.45 bits per heavy atom. The number of likely N-dealkylation sites (N-methyl/N-ethyl adjacent to an activating group) is 1. The summed E-state index contributed by atoms with van der Waals surface area (Å²) in [5.41, 5.74) is 0. The number of hydrogen-bond acceptors (Lipinski definition) is 6. The second-order valence-electron chi connectivity index (χ2n) is 15.8. The third-order valence-corrected chi connectivity index (χ3v) is 10.4. The Hall–Kier alpha value is -0.920. The Morgan fingerprint density at radius 2 is 1.02 bits per heavy atom. The van der Waals surface area contributed by atoms with Crippen LogP contribution in [0.1, 0.15) is 200 Å². The van der Waals surface area contributed by atoms with Crippen LogP contribution in [0.2, 0.25) is 0 Å². The number of nitrogens with zero attached hydrogens (tertiary/aromatic N) is 1. The minimum absolute atomic E-state index is 0.0539. The van der Waals surface area contributed by atoms with Crippen molar-refractivity contribution in [1.29, 1.82) is 0 Å². The fourth-order valence-electron chi connectivity index (χ4n) is 6.05. The van der Waals surface area contributed by atoms with E-state index in [0.717, 1.165) is 32.1 Å². The largest absolute Gasteiger partial charge is 0.498 e. The second-order valence-corrected chi connectivity index (χ2v) is 17.3. The van der Waals surface area contributed by atoms with Crippen molar-refractivity contribution < 1.29 is 37.3 Å². The first kappa shape index (κ1) is 50.1. The zero-order valence-corrected chi connectivity index (χ0v) is 35.3. The topological polar surface area (TPSA) is 91.3 Å². The number of carbonyl (C=O) groups is 1. The maximum absolute atomic E-state index is 12.6. The van der Waals surface area contributed by atoms with Crippen LogP contribution in [0.3, 0.4) is 0 Å². The zero-order valence-electron chi connectivity index (χ0n) is 34.4. The van der Waals surface area contributed by atoms with Crippen molar-refractivity contribution in [2.24, 2.45) is 0 Å². The first-order valence-electron chi connectivity index (χ1n) is 21.5. The highest BCUT2D eigenvalue weighted by molar-refractivity contribution is 7.47. The van der Waals surface area contributed by atoms with Crippen LogP contribution in [0.25, 0.3) is 0 Å². The van der Waals surface area contributed by atoms with Gasteiger partial charge in [0, 0.05) is 6.42 Å². The van der Waals surface area contributed by atoms with Gasteiger partial charge in [0.2, 0.25) is 0 Å². The summed E-state index contributed by atoms with van der Waals surface area (Å²) < 4.78 is 34.7. The van der Waals surface area contributed by atoms with Crippen LogP contribution in [0.4, 0.5) is 0 Å². The van der Waals surface area contributed by atoms with Gasteiger partial charge in [-0.2, -0.15) is 0 Å². The van der Waals surface area contributed by atoms with Crippen LogP contribution in [0.15, 0.2) is 12.3 Å². The van der Waals surface area contributed by atoms with E-state index in [2.05, 4.69) is 13.8 Å². The zero-order chi connectivity index (χ0) is 37.7. The molecule has 0 aliphatic heterocycles. The van der Waals surface area contributed by atoms with Crippen molar-refractivity contribution in [2.75, 3.05) is 47.5 Å². The minimum atomic E-state index is -4.28. The molecule has 0 heterocycles. The average Bonchev–Trinajstić information content (AvgIpc) is 3.08. The minimum Gasteiger partial charge on any atom is -0.498 e. The maximum atomic E-state index is 12.6. The highest BCUT2D eigenvalue weighted by Gasteiger charge is 2.26. The van der Waals surface area contributed by atoms with Gasteiger partial charge in [-0.05, 0) is 25.3 Å². The van der Waals surface area contributed by atoms with E-state index in [-0.39, 0.29) is 25.8 Å². The average molecular weight is 747 g/mol. The van der Waals surface area contributed by atoms with E-state index < -0.39 is 13.9 Å². The predicted molar refractivity (Wildman–Crippen MR) is 215 cm³/mol. The molecule has 0 amide bonds. The number of rotatable bonds is 40. The van der Waals surface area contributed by atoms with Crippen LogP contribution in [-0.2, 0) is 27.9 Å². The predicted octanol–water partition coefficient (Wildman–Crippen LogP) is 12.6. The molecule has 0 aliphatic carbocycles. The molecule has 8 nitrogen and oxygen atoms in total. The molecule has 0 fully saturated rings. The molecule has 0 aliphatic rings. The second kappa shape index (κ2) is 36.1. The quantitative estimate of drug-likeness (QED) is 0.0219. The SMILES string of the molecule is CCCCCCCCCCCCCCCCCC/C=C/OC[C@@H](COP(=O)(O)OCC[N+](C)(C)C)OC(=O)CCCCCCCCCCCCC. The van der Waals surface area contributed by atoms with Crippen molar-refractivity contribution in [3.63, 3.8) is 0 Å². The third-order valence-electron chi connectivity index (χ3n) is 9.42. The molecule has 0 bridgehead atoms. The molecular formula is C42H85NO7P+. The first-order valence-corrected chi connectivity index (χ1v) is 23.0. The van der Waals surface area contributed by atoms with Crippen LogP contribution < -0.4 is 0 Å². The van der Waals surface area contributed by atoms with Gasteiger partial charge in [0.05, 0.1) is 34.0 Å². The van der Waals surface area contributed by atoms with Gasteiger partial charge in [-0.3, -0.25) is 13.8 Å². The van der Waals surface area contributed by atoms with E-state index in [1.165, 1.54) is 148 Å². The lowest BCUT2D eigenvalue weighted by Gasteiger charge is -2.24. The van der Waals surface area contributed by atoms with Crippen molar-refractivity contribution in [2.45, 2.75) is 206 Å². The molecule has 2 atom stereocenters. The van der Waals surface area contributed by atoms with Gasteiger partial charge < -0.3 is 18.9 Å². The molecule has 1 unspecified atom stereocenters. The number of hydrogen-bond donors (Lipinski definition) is 1. The lowest BCUT2D eigenvalue weighted by Crippen LogP contribution is -2.37. The molecule has 0 saturated heterocycles. The Bertz CT molecular complexity index is 833. The lowest BCUT2D eigenvalue weighted by molar-refractivity contribution is -0.870. The Kier molecular flexibility index (Phi) is 35.4. The van der Waals surface area contributed by atoms with Crippen molar-refractivity contribution in [3.05, 3.63) is 12.3 Å². The first-order chi connectivity index (χ1) is 24.6. The van der Waals surface area contributed by atoms with Crippen molar-refractivity contribution >= 4 is 13.8 Å². The van der Waals surface area contributed by atoms with Gasteiger partial charge in [0.25, 0.3) is 0 Å². The Labute approximate surface area is 316 Å². The molecule has 51 heavy (non-hydrogen) atoms. The highest BCUT2D eigenvalue weighted by atomic mass is 31.2. The van der Waals surface area contributed by atoms with E-state index >= 15 is 0 Å². The van der Waals surface area contributed by atoms with E-state index in [4.69, 9.17) is 18.5 Å².